The normalized spacial score (nSPS) is 20.9. The molecule has 2 aromatic carbocycles. The van der Waals surface area contributed by atoms with Gasteiger partial charge in [-0.3, -0.25) is 19.2 Å². The van der Waals surface area contributed by atoms with Crippen molar-refractivity contribution in [3.8, 4) is 0 Å². The van der Waals surface area contributed by atoms with Crippen molar-refractivity contribution in [1.82, 2.24) is 15.1 Å². The van der Waals surface area contributed by atoms with Gasteiger partial charge in [0.25, 0.3) is 11.8 Å². The number of carbonyl (C=O) groups excluding carboxylic acids is 7. The molecule has 0 radical (unpaired) electrons. The summed E-state index contributed by atoms with van der Waals surface area (Å²) in [5.74, 6) is -2.44. The summed E-state index contributed by atoms with van der Waals surface area (Å²) in [6.07, 6.45) is 0.0201. The Morgan fingerprint density at radius 3 is 1.59 bits per heavy atom. The molecule has 6 amide bonds. The van der Waals surface area contributed by atoms with Gasteiger partial charge >= 0.3 is 30.2 Å². The van der Waals surface area contributed by atoms with Crippen molar-refractivity contribution < 1.29 is 52.5 Å². The Morgan fingerprint density at radius 1 is 0.741 bits per heavy atom. The van der Waals surface area contributed by atoms with Crippen LogP contribution in [-0.2, 0) is 62.2 Å². The van der Waals surface area contributed by atoms with Gasteiger partial charge in [0, 0.05) is 42.4 Å². The van der Waals surface area contributed by atoms with Crippen LogP contribution in [0.2, 0.25) is 0 Å². The third kappa shape index (κ3) is 8.42. The van der Waals surface area contributed by atoms with Crippen LogP contribution in [0.3, 0.4) is 0 Å². The van der Waals surface area contributed by atoms with Crippen LogP contribution in [-0.4, -0.2) is 83.1 Å². The van der Waals surface area contributed by atoms with Gasteiger partial charge in [-0.1, -0.05) is 27.0 Å². The molecule has 2 spiro atoms. The first-order valence-corrected chi connectivity index (χ1v) is 16.7. The SMILES string of the molecule is C.C.CC(C)(C)OC(=O)CN1C(=O)OC2(CCc3cc(N)ccc32)C1=O.CNC(=O)Nc1ccc2c(c1)CCC21OC(=O)N(CC(=O)OC(C)(C)C)C1=O. The summed E-state index contributed by atoms with van der Waals surface area (Å²) in [5, 5.41) is 5.12. The Bertz CT molecular complexity index is 1860. The summed E-state index contributed by atoms with van der Waals surface area (Å²) < 4.78 is 21.3. The number of aryl methyl sites for hydroxylation is 2. The fourth-order valence-electron chi connectivity index (χ4n) is 6.60. The standard InChI is InChI=1S/C19H23N3O6.C17H20N2O5.2CH4/c1-18(2,3)27-14(23)10-22-15(24)19(28-17(22)26)8-7-11-9-12(5-6-13(11)19)21-16(25)20-4;1-16(2,3)23-13(20)9-19-14(21)17(24-15(19)22)7-6-10-8-11(18)4-5-12(10)17;;/h5-6,9H,7-8,10H2,1-4H3,(H2,20,21,25);4-5,8H,6-7,9,18H2,1-3H3;2*1H4. The van der Waals surface area contributed by atoms with Crippen molar-refractivity contribution in [3.05, 3.63) is 58.7 Å². The number of hydrogen-bond acceptors (Lipinski definition) is 12. The van der Waals surface area contributed by atoms with Crippen LogP contribution in [0.1, 0.15) is 91.5 Å². The summed E-state index contributed by atoms with van der Waals surface area (Å²) in [6, 6.07) is 9.84. The van der Waals surface area contributed by atoms with E-state index < -0.39 is 71.4 Å². The molecule has 6 rings (SSSR count). The van der Waals surface area contributed by atoms with E-state index in [1.54, 1.807) is 77.9 Å². The third-order valence-electron chi connectivity index (χ3n) is 8.64. The highest BCUT2D eigenvalue weighted by Gasteiger charge is 2.59. The average Bonchev–Trinajstić information content (AvgIpc) is 3.71. The van der Waals surface area contributed by atoms with Crippen molar-refractivity contribution in [1.29, 1.82) is 0 Å². The van der Waals surface area contributed by atoms with Crippen LogP contribution >= 0.6 is 0 Å². The molecule has 294 valence electrons. The number of ether oxygens (including phenoxy) is 4. The monoisotopic (exact) mass is 753 g/mol. The third-order valence-corrected chi connectivity index (χ3v) is 8.64. The number of benzene rings is 2. The van der Waals surface area contributed by atoms with Crippen molar-refractivity contribution in [2.24, 2.45) is 0 Å². The quantitative estimate of drug-likeness (QED) is 0.211. The zero-order valence-corrected chi connectivity index (χ0v) is 30.2. The number of amides is 6. The summed E-state index contributed by atoms with van der Waals surface area (Å²) in [4.78, 5) is 87.4. The molecule has 2 fully saturated rings. The number of carbonyl (C=O) groups is 7. The molecule has 0 saturated carbocycles. The zero-order chi connectivity index (χ0) is 38.4. The van der Waals surface area contributed by atoms with Gasteiger partial charge in [0.05, 0.1) is 0 Å². The van der Waals surface area contributed by atoms with Crippen molar-refractivity contribution >= 4 is 53.3 Å². The molecule has 2 aliphatic heterocycles. The Balaban J connectivity index is 0.000000283. The molecule has 2 saturated heterocycles. The first kappa shape index (κ1) is 42.7. The highest BCUT2D eigenvalue weighted by Crippen LogP contribution is 2.47. The topological polar surface area (TPSA) is 213 Å². The van der Waals surface area contributed by atoms with Gasteiger partial charge in [0.15, 0.2) is 0 Å². The molecule has 4 aliphatic rings. The van der Waals surface area contributed by atoms with E-state index in [-0.39, 0.29) is 27.3 Å². The molecular weight excluding hydrogens is 702 g/mol. The van der Waals surface area contributed by atoms with Crippen molar-refractivity contribution in [2.75, 3.05) is 31.2 Å². The van der Waals surface area contributed by atoms with E-state index in [4.69, 9.17) is 24.7 Å². The number of esters is 2. The number of imide groups is 2. The van der Waals surface area contributed by atoms with Gasteiger partial charge in [-0.15, -0.1) is 0 Å². The number of fused-ring (bicyclic) bond motifs is 4. The molecule has 2 atom stereocenters. The molecule has 0 bridgehead atoms. The number of nitrogen functional groups attached to an aromatic ring is 1. The summed E-state index contributed by atoms with van der Waals surface area (Å²) in [5.41, 5.74) is 5.62. The molecule has 2 unspecified atom stereocenters. The molecule has 2 heterocycles. The Morgan fingerprint density at radius 2 is 1.17 bits per heavy atom. The molecule has 16 nitrogen and oxygen atoms in total. The summed E-state index contributed by atoms with van der Waals surface area (Å²) in [7, 11) is 1.51. The highest BCUT2D eigenvalue weighted by atomic mass is 16.6. The zero-order valence-electron chi connectivity index (χ0n) is 30.2. The fraction of sp³-hybridized carbons (Fsp3) is 0.500. The number of anilines is 2. The molecule has 4 N–H and O–H groups in total. The maximum Gasteiger partial charge on any atom is 0.418 e. The predicted octanol–water partition coefficient (Wildman–Crippen LogP) is 4.90. The van der Waals surface area contributed by atoms with Gasteiger partial charge < -0.3 is 35.3 Å². The second-order valence-electron chi connectivity index (χ2n) is 14.8. The number of nitrogens with one attached hydrogen (secondary N) is 2. The summed E-state index contributed by atoms with van der Waals surface area (Å²) in [6.45, 7) is 9.30. The number of rotatable bonds is 5. The highest BCUT2D eigenvalue weighted by molar-refractivity contribution is 6.07. The van der Waals surface area contributed by atoms with Gasteiger partial charge in [0.1, 0.15) is 24.3 Å². The lowest BCUT2D eigenvalue weighted by Gasteiger charge is -2.22. The molecule has 0 aromatic heterocycles. The average molecular weight is 754 g/mol. The minimum absolute atomic E-state index is 0. The van der Waals surface area contributed by atoms with Gasteiger partial charge in [0.2, 0.25) is 11.2 Å². The van der Waals surface area contributed by atoms with E-state index in [0.29, 0.717) is 41.8 Å². The smallest absolute Gasteiger partial charge is 0.418 e. The van der Waals surface area contributed by atoms with Crippen LogP contribution in [0.25, 0.3) is 0 Å². The Hall–Kier alpha value is -5.67. The first-order valence-electron chi connectivity index (χ1n) is 16.7. The predicted molar refractivity (Wildman–Crippen MR) is 197 cm³/mol. The van der Waals surface area contributed by atoms with Crippen LogP contribution in [0.5, 0.6) is 0 Å². The minimum atomic E-state index is -1.43. The van der Waals surface area contributed by atoms with Crippen LogP contribution in [0, 0.1) is 0 Å². The van der Waals surface area contributed by atoms with E-state index in [9.17, 15) is 33.6 Å². The van der Waals surface area contributed by atoms with E-state index >= 15 is 0 Å². The van der Waals surface area contributed by atoms with Crippen LogP contribution < -0.4 is 16.4 Å². The van der Waals surface area contributed by atoms with Crippen molar-refractivity contribution in [3.63, 3.8) is 0 Å². The lowest BCUT2D eigenvalue weighted by Crippen LogP contribution is -2.41. The van der Waals surface area contributed by atoms with E-state index in [2.05, 4.69) is 10.6 Å². The van der Waals surface area contributed by atoms with Crippen LogP contribution in [0.4, 0.5) is 25.8 Å². The number of nitrogens with zero attached hydrogens (tertiary/aromatic N) is 2. The number of urea groups is 1. The van der Waals surface area contributed by atoms with Gasteiger partial charge in [-0.05, 0) is 89.8 Å². The Kier molecular flexibility index (Phi) is 12.2. The second kappa shape index (κ2) is 15.4. The largest absolute Gasteiger partial charge is 0.459 e. The van der Waals surface area contributed by atoms with Crippen molar-refractivity contribution in [2.45, 2.75) is 104 Å². The van der Waals surface area contributed by atoms with Crippen LogP contribution in [0.15, 0.2) is 36.4 Å². The molecule has 2 aromatic rings. The minimum Gasteiger partial charge on any atom is -0.459 e. The summed E-state index contributed by atoms with van der Waals surface area (Å²) >= 11 is 0. The molecule has 54 heavy (non-hydrogen) atoms. The lowest BCUT2D eigenvalue weighted by atomic mass is 9.94. The maximum atomic E-state index is 13.0. The lowest BCUT2D eigenvalue weighted by molar-refractivity contribution is -0.158. The first-order chi connectivity index (χ1) is 24.2. The second-order valence-corrected chi connectivity index (χ2v) is 14.8. The van der Waals surface area contributed by atoms with E-state index in [1.807, 2.05) is 0 Å². The molecular formula is C38H51N5O11. The van der Waals surface area contributed by atoms with E-state index in [0.717, 1.165) is 20.9 Å². The molecule has 2 aliphatic carbocycles. The maximum absolute atomic E-state index is 13.0. The number of hydrogen-bond donors (Lipinski definition) is 3. The Labute approximate surface area is 315 Å². The van der Waals surface area contributed by atoms with Gasteiger partial charge in [-0.25, -0.2) is 24.2 Å². The van der Waals surface area contributed by atoms with Gasteiger partial charge in [-0.2, -0.15) is 0 Å². The molecule has 16 heteroatoms. The van der Waals surface area contributed by atoms with E-state index in [1.165, 1.54) is 7.05 Å². The number of nitrogens with two attached hydrogens (primary N) is 1. The fourth-order valence-corrected chi connectivity index (χ4v) is 6.60.